The van der Waals surface area contributed by atoms with Gasteiger partial charge >= 0.3 is 0 Å². The molecule has 1 aromatic carbocycles. The number of rotatable bonds is 1. The first-order valence-electron chi connectivity index (χ1n) is 5.54. The summed E-state index contributed by atoms with van der Waals surface area (Å²) in [6.45, 7) is 3.72. The second-order valence-corrected chi connectivity index (χ2v) is 6.24. The van der Waals surface area contributed by atoms with E-state index in [-0.39, 0.29) is 11.8 Å². The molecule has 0 bridgehead atoms. The fourth-order valence-electron chi connectivity index (χ4n) is 2.56. The Morgan fingerprint density at radius 2 is 2.24 bits per heavy atom. The van der Waals surface area contributed by atoms with Crippen LogP contribution in [0.1, 0.15) is 6.42 Å². The Bertz CT molecular complexity index is 554. The van der Waals surface area contributed by atoms with Gasteiger partial charge in [0.25, 0.3) is 0 Å². The molecule has 0 saturated heterocycles. The maximum atomic E-state index is 12.5. The minimum absolute atomic E-state index is 0.0422. The highest BCUT2D eigenvalue weighted by molar-refractivity contribution is 7.88. The Morgan fingerprint density at radius 1 is 1.53 bits per heavy atom. The van der Waals surface area contributed by atoms with Crippen LogP contribution in [0.5, 0.6) is 0 Å². The summed E-state index contributed by atoms with van der Waals surface area (Å²) >= 11 is 0. The highest BCUT2D eigenvalue weighted by atomic mass is 32.2. The van der Waals surface area contributed by atoms with E-state index in [2.05, 4.69) is 6.58 Å². The van der Waals surface area contributed by atoms with Crippen LogP contribution in [-0.4, -0.2) is 21.9 Å². The molecular weight excluding hydrogens is 234 g/mol. The first kappa shape index (κ1) is 10.7. The Kier molecular flexibility index (Phi) is 2.08. The second-order valence-electron chi connectivity index (χ2n) is 4.54. The topological polar surface area (TPSA) is 37.4 Å². The number of carbonyl (C=O) groups excluding carboxylic acids is 1. The average molecular weight is 247 g/mol. The van der Waals surface area contributed by atoms with Crippen LogP contribution in [0.2, 0.25) is 0 Å². The molecule has 1 fully saturated rings. The first-order valence-corrected chi connectivity index (χ1v) is 6.69. The number of benzene rings is 1. The van der Waals surface area contributed by atoms with E-state index >= 15 is 0 Å². The third-order valence-electron chi connectivity index (χ3n) is 3.67. The fourth-order valence-corrected chi connectivity index (χ4v) is 4.55. The maximum Gasteiger partial charge on any atom is 0.246 e. The van der Waals surface area contributed by atoms with Gasteiger partial charge in [-0.3, -0.25) is 9.00 Å². The molecule has 1 aliphatic carbocycles. The SMILES string of the molecule is C=C[C@@H]1C[C@@]12C(=O)N(C)c1ccccc1S2=O. The molecule has 1 aliphatic heterocycles. The molecular formula is C13H13NO2S. The van der Waals surface area contributed by atoms with E-state index < -0.39 is 15.5 Å². The lowest BCUT2D eigenvalue weighted by Gasteiger charge is -2.31. The lowest BCUT2D eigenvalue weighted by molar-refractivity contribution is -0.118. The van der Waals surface area contributed by atoms with Crippen LogP contribution >= 0.6 is 0 Å². The number of hydrogen-bond acceptors (Lipinski definition) is 2. The Morgan fingerprint density at radius 3 is 2.88 bits per heavy atom. The van der Waals surface area contributed by atoms with Crippen LogP contribution in [0, 0.1) is 5.92 Å². The molecule has 3 rings (SSSR count). The summed E-state index contributed by atoms with van der Waals surface area (Å²) in [4.78, 5) is 14.7. The van der Waals surface area contributed by atoms with Crippen LogP contribution in [-0.2, 0) is 15.6 Å². The highest BCUT2D eigenvalue weighted by Gasteiger charge is 2.66. The molecule has 0 radical (unpaired) electrons. The van der Waals surface area contributed by atoms with Gasteiger partial charge in [-0.1, -0.05) is 18.2 Å². The molecule has 1 spiro atoms. The second kappa shape index (κ2) is 3.29. The lowest BCUT2D eigenvalue weighted by atomic mass is 10.2. The number of carbonyl (C=O) groups is 1. The molecule has 88 valence electrons. The number of nitrogens with zero attached hydrogens (tertiary/aromatic N) is 1. The molecule has 3 nitrogen and oxygen atoms in total. The molecule has 3 atom stereocenters. The third-order valence-corrected chi connectivity index (χ3v) is 5.72. The van der Waals surface area contributed by atoms with Gasteiger partial charge in [0.2, 0.25) is 5.91 Å². The summed E-state index contributed by atoms with van der Waals surface area (Å²) in [6, 6.07) is 7.40. The van der Waals surface area contributed by atoms with Crippen molar-refractivity contribution in [1.82, 2.24) is 0 Å². The summed E-state index contributed by atoms with van der Waals surface area (Å²) in [6.07, 6.45) is 2.40. The Balaban J connectivity index is 2.19. The highest BCUT2D eigenvalue weighted by Crippen LogP contribution is 2.56. The average Bonchev–Trinajstić information content (AvgIpc) is 3.10. The molecule has 0 aromatic heterocycles. The number of amides is 1. The van der Waals surface area contributed by atoms with Gasteiger partial charge in [0.05, 0.1) is 21.4 Å². The van der Waals surface area contributed by atoms with E-state index in [1.807, 2.05) is 24.3 Å². The molecule has 1 aromatic rings. The van der Waals surface area contributed by atoms with E-state index in [4.69, 9.17) is 0 Å². The van der Waals surface area contributed by atoms with Crippen molar-refractivity contribution < 1.29 is 9.00 Å². The van der Waals surface area contributed by atoms with E-state index in [9.17, 15) is 9.00 Å². The monoisotopic (exact) mass is 247 g/mol. The largest absolute Gasteiger partial charge is 0.313 e. The zero-order valence-electron chi connectivity index (χ0n) is 9.55. The molecule has 0 N–H and O–H groups in total. The van der Waals surface area contributed by atoms with Crippen LogP contribution in [0.4, 0.5) is 5.69 Å². The summed E-state index contributed by atoms with van der Waals surface area (Å²) in [5, 5.41) is 0. The normalized spacial score (nSPS) is 34.6. The van der Waals surface area contributed by atoms with Gasteiger partial charge in [-0.2, -0.15) is 0 Å². The van der Waals surface area contributed by atoms with Gasteiger partial charge < -0.3 is 4.90 Å². The summed E-state index contributed by atoms with van der Waals surface area (Å²) in [5.74, 6) is 0.00562. The zero-order valence-corrected chi connectivity index (χ0v) is 10.4. The lowest BCUT2D eigenvalue weighted by Crippen LogP contribution is -2.46. The smallest absolute Gasteiger partial charge is 0.246 e. The number of fused-ring (bicyclic) bond motifs is 1. The van der Waals surface area contributed by atoms with Crippen molar-refractivity contribution in [2.75, 3.05) is 11.9 Å². The summed E-state index contributed by atoms with van der Waals surface area (Å²) < 4.78 is 11.8. The predicted octanol–water partition coefficient (Wildman–Crippen LogP) is 1.72. The van der Waals surface area contributed by atoms with E-state index in [1.165, 1.54) is 0 Å². The third kappa shape index (κ3) is 1.16. The van der Waals surface area contributed by atoms with Gasteiger partial charge in [0.1, 0.15) is 4.75 Å². The van der Waals surface area contributed by atoms with Crippen LogP contribution in [0.3, 0.4) is 0 Å². The van der Waals surface area contributed by atoms with Crippen molar-refractivity contribution in [2.24, 2.45) is 5.92 Å². The number of para-hydroxylation sites is 1. The maximum absolute atomic E-state index is 12.5. The Hall–Kier alpha value is -1.42. The fraction of sp³-hybridized carbons (Fsp3) is 0.308. The van der Waals surface area contributed by atoms with Crippen molar-refractivity contribution in [2.45, 2.75) is 16.1 Å². The van der Waals surface area contributed by atoms with Gasteiger partial charge in [0.15, 0.2) is 0 Å². The van der Waals surface area contributed by atoms with Crippen LogP contribution in [0.25, 0.3) is 0 Å². The van der Waals surface area contributed by atoms with Gasteiger partial charge in [0, 0.05) is 13.0 Å². The summed E-state index contributed by atoms with van der Waals surface area (Å²) in [5.41, 5.74) is 0.760. The van der Waals surface area contributed by atoms with Gasteiger partial charge in [-0.25, -0.2) is 0 Å². The standard InChI is InChI=1S/C13H13NO2S/c1-3-9-8-13(9)12(15)14(2)10-6-4-5-7-11(10)17(13)16/h3-7,9H,1,8H2,2H3/t9-,13+,17?/m1/s1. The van der Waals surface area contributed by atoms with Crippen molar-refractivity contribution in [3.05, 3.63) is 36.9 Å². The van der Waals surface area contributed by atoms with Crippen molar-refractivity contribution in [3.63, 3.8) is 0 Å². The Labute approximate surface area is 103 Å². The number of hydrogen-bond donors (Lipinski definition) is 0. The van der Waals surface area contributed by atoms with E-state index in [1.54, 1.807) is 18.0 Å². The molecule has 1 amide bonds. The zero-order chi connectivity index (χ0) is 12.2. The van der Waals surface area contributed by atoms with Crippen LogP contribution < -0.4 is 4.90 Å². The quantitative estimate of drug-likeness (QED) is 0.709. The molecule has 1 saturated carbocycles. The molecule has 1 heterocycles. The first-order chi connectivity index (χ1) is 8.13. The van der Waals surface area contributed by atoms with E-state index in [0.29, 0.717) is 6.42 Å². The number of anilines is 1. The van der Waals surface area contributed by atoms with Crippen molar-refractivity contribution in [1.29, 1.82) is 0 Å². The van der Waals surface area contributed by atoms with Crippen LogP contribution in [0.15, 0.2) is 41.8 Å². The minimum Gasteiger partial charge on any atom is -0.313 e. The number of allylic oxidation sites excluding steroid dienone is 1. The van der Waals surface area contributed by atoms with Gasteiger partial charge in [-0.05, 0) is 18.6 Å². The summed E-state index contributed by atoms with van der Waals surface area (Å²) in [7, 11) is 0.490. The predicted molar refractivity (Wildman–Crippen MR) is 67.3 cm³/mol. The minimum atomic E-state index is -1.26. The molecule has 2 aliphatic rings. The van der Waals surface area contributed by atoms with Gasteiger partial charge in [-0.15, -0.1) is 6.58 Å². The molecule has 4 heteroatoms. The molecule has 17 heavy (non-hydrogen) atoms. The van der Waals surface area contributed by atoms with Crippen molar-refractivity contribution in [3.8, 4) is 0 Å². The molecule has 1 unspecified atom stereocenters. The van der Waals surface area contributed by atoms with E-state index in [0.717, 1.165) is 10.6 Å². The van der Waals surface area contributed by atoms with Crippen molar-refractivity contribution >= 4 is 22.4 Å².